The summed E-state index contributed by atoms with van der Waals surface area (Å²) in [5, 5.41) is 0.687. The van der Waals surface area contributed by atoms with Crippen molar-refractivity contribution in [3.63, 3.8) is 0 Å². The first-order valence-corrected chi connectivity index (χ1v) is 6.44. The Labute approximate surface area is 115 Å². The predicted octanol–water partition coefficient (Wildman–Crippen LogP) is 1.72. The van der Waals surface area contributed by atoms with Gasteiger partial charge in [-0.1, -0.05) is 25.1 Å². The third-order valence-corrected chi connectivity index (χ3v) is 3.42. The van der Waals surface area contributed by atoms with E-state index in [0.717, 1.165) is 0 Å². The summed E-state index contributed by atoms with van der Waals surface area (Å²) in [7, 11) is 0. The van der Waals surface area contributed by atoms with E-state index in [-0.39, 0.29) is 11.0 Å². The fourth-order valence-electron chi connectivity index (χ4n) is 2.22. The number of rotatable bonds is 3. The van der Waals surface area contributed by atoms with Gasteiger partial charge < -0.3 is 14.5 Å². The Morgan fingerprint density at radius 2 is 2.15 bits per heavy atom. The van der Waals surface area contributed by atoms with E-state index >= 15 is 0 Å². The van der Waals surface area contributed by atoms with E-state index in [2.05, 4.69) is 4.98 Å². The minimum atomic E-state index is -0.472. The van der Waals surface area contributed by atoms with Gasteiger partial charge >= 0.3 is 5.97 Å². The molecule has 0 bridgehead atoms. The maximum absolute atomic E-state index is 12.2. The standard InChI is InChI=1S/C15H15NO4/c1-15(7-19-8-15)9-20-14(18)11-6-13(17)16-12-5-3-2-4-10(11)12/h2-6H,7-9H2,1H3,(H,16,17). The van der Waals surface area contributed by atoms with Gasteiger partial charge in [0.2, 0.25) is 5.56 Å². The molecule has 104 valence electrons. The van der Waals surface area contributed by atoms with Crippen molar-refractivity contribution in [3.8, 4) is 0 Å². The van der Waals surface area contributed by atoms with E-state index in [1.165, 1.54) is 6.07 Å². The zero-order valence-electron chi connectivity index (χ0n) is 11.1. The lowest BCUT2D eigenvalue weighted by atomic mass is 9.90. The molecule has 1 aliphatic heterocycles. The molecule has 3 rings (SSSR count). The molecule has 1 aliphatic rings. The molecule has 0 atom stereocenters. The molecule has 0 radical (unpaired) electrons. The highest BCUT2D eigenvalue weighted by Crippen LogP contribution is 2.27. The molecule has 0 saturated carbocycles. The van der Waals surface area contributed by atoms with Gasteiger partial charge in [-0.3, -0.25) is 4.79 Å². The number of para-hydroxylation sites is 1. The van der Waals surface area contributed by atoms with Crippen LogP contribution in [0.3, 0.4) is 0 Å². The molecule has 0 spiro atoms. The van der Waals surface area contributed by atoms with Gasteiger partial charge in [-0.25, -0.2) is 4.79 Å². The molecular formula is C15H15NO4. The Balaban J connectivity index is 1.89. The summed E-state index contributed by atoms with van der Waals surface area (Å²) < 4.78 is 10.4. The van der Waals surface area contributed by atoms with Gasteiger partial charge in [-0.2, -0.15) is 0 Å². The van der Waals surface area contributed by atoms with Crippen LogP contribution in [0.2, 0.25) is 0 Å². The number of fused-ring (bicyclic) bond motifs is 1. The summed E-state index contributed by atoms with van der Waals surface area (Å²) in [4.78, 5) is 26.5. The van der Waals surface area contributed by atoms with E-state index in [4.69, 9.17) is 9.47 Å². The van der Waals surface area contributed by atoms with E-state index in [0.29, 0.717) is 36.3 Å². The molecule has 2 heterocycles. The average Bonchev–Trinajstić information content (AvgIpc) is 2.41. The van der Waals surface area contributed by atoms with Crippen molar-refractivity contribution >= 4 is 16.9 Å². The van der Waals surface area contributed by atoms with Gasteiger partial charge in [0, 0.05) is 22.4 Å². The highest BCUT2D eigenvalue weighted by molar-refractivity contribution is 6.03. The summed E-state index contributed by atoms with van der Waals surface area (Å²) in [5.41, 5.74) is 0.513. The van der Waals surface area contributed by atoms with E-state index in [1.54, 1.807) is 18.2 Å². The summed E-state index contributed by atoms with van der Waals surface area (Å²) >= 11 is 0. The fourth-order valence-corrected chi connectivity index (χ4v) is 2.22. The van der Waals surface area contributed by atoms with E-state index in [1.807, 2.05) is 13.0 Å². The number of nitrogens with one attached hydrogen (secondary N) is 1. The highest BCUT2D eigenvalue weighted by atomic mass is 16.5. The van der Waals surface area contributed by atoms with Crippen LogP contribution in [0.5, 0.6) is 0 Å². The van der Waals surface area contributed by atoms with Crippen LogP contribution in [0.25, 0.3) is 10.9 Å². The third-order valence-electron chi connectivity index (χ3n) is 3.42. The number of H-pyrrole nitrogens is 1. The topological polar surface area (TPSA) is 68.4 Å². The summed E-state index contributed by atoms with van der Waals surface area (Å²) in [6, 6.07) is 8.45. The lowest BCUT2D eigenvalue weighted by Crippen LogP contribution is -2.44. The Kier molecular flexibility index (Phi) is 3.06. The van der Waals surface area contributed by atoms with E-state index < -0.39 is 5.97 Å². The maximum Gasteiger partial charge on any atom is 0.339 e. The van der Waals surface area contributed by atoms with Crippen LogP contribution in [0.15, 0.2) is 35.1 Å². The number of esters is 1. The third kappa shape index (κ3) is 2.32. The van der Waals surface area contributed by atoms with Crippen molar-refractivity contribution in [2.45, 2.75) is 6.92 Å². The minimum absolute atomic E-state index is 0.105. The number of hydrogen-bond donors (Lipinski definition) is 1. The van der Waals surface area contributed by atoms with Crippen molar-refractivity contribution < 1.29 is 14.3 Å². The SMILES string of the molecule is CC1(COC(=O)c2cc(=O)[nH]c3ccccc23)COC1. The Morgan fingerprint density at radius 3 is 2.85 bits per heavy atom. The number of carbonyl (C=O) groups is 1. The lowest BCUT2D eigenvalue weighted by molar-refractivity contribution is -0.127. The van der Waals surface area contributed by atoms with Crippen LogP contribution < -0.4 is 5.56 Å². The normalized spacial score (nSPS) is 16.6. The van der Waals surface area contributed by atoms with Crippen molar-refractivity contribution in [2.24, 2.45) is 5.41 Å². The molecule has 2 aromatic rings. The number of pyridine rings is 1. The second kappa shape index (κ2) is 4.76. The number of ether oxygens (including phenoxy) is 2. The summed E-state index contributed by atoms with van der Waals surface area (Å²) in [6.07, 6.45) is 0. The number of benzene rings is 1. The Bertz CT molecular complexity index is 715. The predicted molar refractivity (Wildman–Crippen MR) is 73.8 cm³/mol. The molecular weight excluding hydrogens is 258 g/mol. The van der Waals surface area contributed by atoms with Crippen LogP contribution in [0, 0.1) is 5.41 Å². The van der Waals surface area contributed by atoms with Crippen LogP contribution >= 0.6 is 0 Å². The molecule has 1 aromatic carbocycles. The van der Waals surface area contributed by atoms with Gasteiger partial charge in [0.1, 0.15) is 6.61 Å². The first-order chi connectivity index (χ1) is 9.57. The molecule has 0 amide bonds. The first kappa shape index (κ1) is 12.9. The number of hydrogen-bond acceptors (Lipinski definition) is 4. The summed E-state index contributed by atoms with van der Waals surface area (Å²) in [5.74, 6) is -0.472. The zero-order valence-corrected chi connectivity index (χ0v) is 11.1. The van der Waals surface area contributed by atoms with Gasteiger partial charge in [0.05, 0.1) is 18.8 Å². The van der Waals surface area contributed by atoms with Crippen LogP contribution in [0.4, 0.5) is 0 Å². The van der Waals surface area contributed by atoms with Crippen LogP contribution in [0.1, 0.15) is 17.3 Å². The minimum Gasteiger partial charge on any atom is -0.461 e. The van der Waals surface area contributed by atoms with Crippen LogP contribution in [-0.2, 0) is 9.47 Å². The average molecular weight is 273 g/mol. The second-order valence-electron chi connectivity index (χ2n) is 5.47. The maximum atomic E-state index is 12.2. The Hall–Kier alpha value is -2.14. The fraction of sp³-hybridized carbons (Fsp3) is 0.333. The lowest BCUT2D eigenvalue weighted by Gasteiger charge is -2.37. The molecule has 0 unspecified atom stereocenters. The molecule has 20 heavy (non-hydrogen) atoms. The van der Waals surface area contributed by atoms with Gasteiger partial charge in [0.25, 0.3) is 0 Å². The molecule has 1 fully saturated rings. The molecule has 1 aromatic heterocycles. The number of aromatic nitrogens is 1. The van der Waals surface area contributed by atoms with E-state index in [9.17, 15) is 9.59 Å². The monoisotopic (exact) mass is 273 g/mol. The smallest absolute Gasteiger partial charge is 0.339 e. The molecule has 1 saturated heterocycles. The quantitative estimate of drug-likeness (QED) is 0.865. The van der Waals surface area contributed by atoms with Crippen molar-refractivity contribution in [1.82, 2.24) is 4.98 Å². The largest absolute Gasteiger partial charge is 0.461 e. The van der Waals surface area contributed by atoms with Gasteiger partial charge in [-0.05, 0) is 6.07 Å². The Morgan fingerprint density at radius 1 is 1.40 bits per heavy atom. The molecule has 5 heteroatoms. The zero-order chi connectivity index (χ0) is 14.2. The van der Waals surface area contributed by atoms with Gasteiger partial charge in [-0.15, -0.1) is 0 Å². The second-order valence-corrected chi connectivity index (χ2v) is 5.47. The summed E-state index contributed by atoms with van der Waals surface area (Å²) in [6.45, 7) is 3.49. The van der Waals surface area contributed by atoms with Crippen molar-refractivity contribution in [2.75, 3.05) is 19.8 Å². The van der Waals surface area contributed by atoms with Crippen molar-refractivity contribution in [1.29, 1.82) is 0 Å². The number of aromatic amines is 1. The first-order valence-electron chi connectivity index (χ1n) is 6.44. The molecule has 1 N–H and O–H groups in total. The van der Waals surface area contributed by atoms with Gasteiger partial charge in [0.15, 0.2) is 0 Å². The van der Waals surface area contributed by atoms with Crippen molar-refractivity contribution in [3.05, 3.63) is 46.2 Å². The molecule has 0 aliphatic carbocycles. The molecule has 5 nitrogen and oxygen atoms in total. The highest BCUT2D eigenvalue weighted by Gasteiger charge is 2.35. The number of carbonyl (C=O) groups excluding carboxylic acids is 1. The van der Waals surface area contributed by atoms with Crippen LogP contribution in [-0.4, -0.2) is 30.8 Å².